The molecule has 1 N–H and O–H groups in total. The molecule has 0 bridgehead atoms. The first-order valence-corrected chi connectivity index (χ1v) is 7.17. The maximum atomic E-state index is 11.6. The third-order valence-electron chi connectivity index (χ3n) is 2.69. The molecule has 0 saturated carbocycles. The summed E-state index contributed by atoms with van der Waals surface area (Å²) < 4.78 is 30.0. The van der Waals surface area contributed by atoms with Crippen molar-refractivity contribution in [1.29, 1.82) is 0 Å². The lowest BCUT2D eigenvalue weighted by atomic mass is 10.1. The standard InChI is InChI=1S/C11H15NO4S/c1-8(13)9-3-4-11-10(7-9)12(5-6-16-11)17(2,14)15/h3-4,7-8,13H,5-6H2,1-2H3. The average molecular weight is 257 g/mol. The maximum absolute atomic E-state index is 11.6. The molecule has 1 aromatic rings. The van der Waals surface area contributed by atoms with Crippen molar-refractivity contribution in [3.8, 4) is 5.75 Å². The SMILES string of the molecule is CC(O)c1ccc2c(c1)N(S(C)(=O)=O)CCO2. The van der Waals surface area contributed by atoms with Crippen LogP contribution < -0.4 is 9.04 Å². The number of aliphatic hydroxyl groups is 1. The molecule has 0 radical (unpaired) electrons. The fourth-order valence-corrected chi connectivity index (χ4v) is 2.72. The van der Waals surface area contributed by atoms with Crippen molar-refractivity contribution in [2.45, 2.75) is 13.0 Å². The van der Waals surface area contributed by atoms with Crippen LogP contribution in [0.2, 0.25) is 0 Å². The predicted molar refractivity (Wildman–Crippen MR) is 64.8 cm³/mol. The Balaban J connectivity index is 2.52. The monoisotopic (exact) mass is 257 g/mol. The van der Waals surface area contributed by atoms with Crippen LogP contribution in [0.25, 0.3) is 0 Å². The molecular formula is C11H15NO4S. The van der Waals surface area contributed by atoms with Crippen LogP contribution >= 0.6 is 0 Å². The molecule has 1 heterocycles. The van der Waals surface area contributed by atoms with Gasteiger partial charge in [0.1, 0.15) is 12.4 Å². The molecule has 1 aromatic carbocycles. The van der Waals surface area contributed by atoms with Crippen LogP contribution in [0.15, 0.2) is 18.2 Å². The average Bonchev–Trinajstić information content (AvgIpc) is 2.26. The molecule has 2 rings (SSSR count). The van der Waals surface area contributed by atoms with Crippen LogP contribution in [0.1, 0.15) is 18.6 Å². The summed E-state index contributed by atoms with van der Waals surface area (Å²) in [7, 11) is -3.31. The van der Waals surface area contributed by atoms with Gasteiger partial charge in [-0.15, -0.1) is 0 Å². The second kappa shape index (κ2) is 4.19. The lowest BCUT2D eigenvalue weighted by Gasteiger charge is -2.29. The van der Waals surface area contributed by atoms with E-state index in [1.54, 1.807) is 25.1 Å². The number of benzene rings is 1. The third-order valence-corrected chi connectivity index (χ3v) is 3.87. The first-order chi connectivity index (χ1) is 7.89. The van der Waals surface area contributed by atoms with Crippen LogP contribution in [-0.4, -0.2) is 32.9 Å². The van der Waals surface area contributed by atoms with Gasteiger partial charge in [-0.05, 0) is 24.6 Å². The summed E-state index contributed by atoms with van der Waals surface area (Å²) in [5.74, 6) is 0.533. The van der Waals surface area contributed by atoms with E-state index in [1.165, 1.54) is 4.31 Å². The summed E-state index contributed by atoms with van der Waals surface area (Å²) in [6.07, 6.45) is 0.528. The zero-order valence-electron chi connectivity index (χ0n) is 9.75. The number of ether oxygens (including phenoxy) is 1. The molecule has 0 amide bonds. The van der Waals surface area contributed by atoms with E-state index < -0.39 is 16.1 Å². The van der Waals surface area contributed by atoms with Gasteiger partial charge in [-0.25, -0.2) is 8.42 Å². The Morgan fingerprint density at radius 1 is 1.47 bits per heavy atom. The quantitative estimate of drug-likeness (QED) is 0.854. The number of hydrogen-bond donors (Lipinski definition) is 1. The number of sulfonamides is 1. The number of anilines is 1. The molecule has 1 aliphatic rings. The van der Waals surface area contributed by atoms with Gasteiger partial charge in [0.15, 0.2) is 0 Å². The fourth-order valence-electron chi connectivity index (χ4n) is 1.81. The Morgan fingerprint density at radius 2 is 2.18 bits per heavy atom. The largest absolute Gasteiger partial charge is 0.489 e. The van der Waals surface area contributed by atoms with Crippen molar-refractivity contribution in [3.63, 3.8) is 0 Å². The summed E-state index contributed by atoms with van der Waals surface area (Å²) in [5.41, 5.74) is 1.17. The first-order valence-electron chi connectivity index (χ1n) is 5.32. The Morgan fingerprint density at radius 3 is 2.76 bits per heavy atom. The number of rotatable bonds is 2. The highest BCUT2D eigenvalue weighted by molar-refractivity contribution is 7.92. The van der Waals surface area contributed by atoms with E-state index in [0.717, 1.165) is 6.26 Å². The van der Waals surface area contributed by atoms with Crippen LogP contribution in [0, 0.1) is 0 Å². The zero-order chi connectivity index (χ0) is 12.6. The van der Waals surface area contributed by atoms with Gasteiger partial charge in [-0.1, -0.05) is 6.07 Å². The molecule has 6 heteroatoms. The number of aliphatic hydroxyl groups excluding tert-OH is 1. The summed E-state index contributed by atoms with van der Waals surface area (Å²) in [4.78, 5) is 0. The summed E-state index contributed by atoms with van der Waals surface area (Å²) in [6.45, 7) is 2.28. The van der Waals surface area contributed by atoms with Crippen molar-refractivity contribution < 1.29 is 18.3 Å². The predicted octanol–water partition coefficient (Wildman–Crippen LogP) is 0.898. The molecule has 0 saturated heterocycles. The van der Waals surface area contributed by atoms with Crippen molar-refractivity contribution in [2.24, 2.45) is 0 Å². The second-order valence-corrected chi connectivity index (χ2v) is 5.99. The van der Waals surface area contributed by atoms with Gasteiger partial charge in [0.2, 0.25) is 10.0 Å². The van der Waals surface area contributed by atoms with E-state index >= 15 is 0 Å². The van der Waals surface area contributed by atoms with E-state index in [4.69, 9.17) is 4.74 Å². The Labute approximate surface area is 101 Å². The van der Waals surface area contributed by atoms with Crippen LogP contribution in [0.5, 0.6) is 5.75 Å². The summed E-state index contributed by atoms with van der Waals surface area (Å²) >= 11 is 0. The van der Waals surface area contributed by atoms with Gasteiger partial charge in [0.05, 0.1) is 24.6 Å². The first kappa shape index (κ1) is 12.2. The minimum Gasteiger partial charge on any atom is -0.489 e. The topological polar surface area (TPSA) is 66.8 Å². The normalized spacial score (nSPS) is 17.2. The van der Waals surface area contributed by atoms with Crippen molar-refractivity contribution in [2.75, 3.05) is 23.7 Å². The highest BCUT2D eigenvalue weighted by Crippen LogP contribution is 2.35. The van der Waals surface area contributed by atoms with Gasteiger partial charge < -0.3 is 9.84 Å². The summed E-state index contributed by atoms with van der Waals surface area (Å²) in [5, 5.41) is 9.51. The smallest absolute Gasteiger partial charge is 0.232 e. The maximum Gasteiger partial charge on any atom is 0.232 e. The van der Waals surface area contributed by atoms with E-state index in [0.29, 0.717) is 30.2 Å². The van der Waals surface area contributed by atoms with Crippen LogP contribution in [0.4, 0.5) is 5.69 Å². The molecule has 1 unspecified atom stereocenters. The molecule has 94 valence electrons. The number of fused-ring (bicyclic) bond motifs is 1. The van der Waals surface area contributed by atoms with Gasteiger partial charge in [0, 0.05) is 0 Å². The lowest BCUT2D eigenvalue weighted by Crippen LogP contribution is -2.37. The molecule has 0 aromatic heterocycles. The minimum absolute atomic E-state index is 0.301. The Kier molecular flexibility index (Phi) is 3.01. The third kappa shape index (κ3) is 2.37. The summed E-state index contributed by atoms with van der Waals surface area (Å²) in [6, 6.07) is 5.07. The molecule has 5 nitrogen and oxygen atoms in total. The number of hydrogen-bond acceptors (Lipinski definition) is 4. The van der Waals surface area contributed by atoms with E-state index in [9.17, 15) is 13.5 Å². The van der Waals surface area contributed by atoms with Crippen molar-refractivity contribution >= 4 is 15.7 Å². The highest BCUT2D eigenvalue weighted by Gasteiger charge is 2.25. The van der Waals surface area contributed by atoms with Gasteiger partial charge >= 0.3 is 0 Å². The second-order valence-electron chi connectivity index (χ2n) is 4.09. The van der Waals surface area contributed by atoms with Gasteiger partial charge in [-0.2, -0.15) is 0 Å². The highest BCUT2D eigenvalue weighted by atomic mass is 32.2. The van der Waals surface area contributed by atoms with Gasteiger partial charge in [-0.3, -0.25) is 4.31 Å². The molecule has 1 aliphatic heterocycles. The zero-order valence-corrected chi connectivity index (χ0v) is 10.6. The Bertz CT molecular complexity index is 524. The Hall–Kier alpha value is -1.27. The van der Waals surface area contributed by atoms with Crippen LogP contribution in [0.3, 0.4) is 0 Å². The van der Waals surface area contributed by atoms with Crippen molar-refractivity contribution in [1.82, 2.24) is 0 Å². The molecule has 1 atom stereocenters. The van der Waals surface area contributed by atoms with Gasteiger partial charge in [0.25, 0.3) is 0 Å². The van der Waals surface area contributed by atoms with E-state index in [2.05, 4.69) is 0 Å². The van der Waals surface area contributed by atoms with E-state index in [-0.39, 0.29) is 0 Å². The molecule has 0 fully saturated rings. The number of nitrogens with zero attached hydrogens (tertiary/aromatic N) is 1. The molecule has 17 heavy (non-hydrogen) atoms. The van der Waals surface area contributed by atoms with Crippen molar-refractivity contribution in [3.05, 3.63) is 23.8 Å². The molecular weight excluding hydrogens is 242 g/mol. The lowest BCUT2D eigenvalue weighted by molar-refractivity contribution is 0.199. The molecule has 0 spiro atoms. The molecule has 0 aliphatic carbocycles. The fraction of sp³-hybridized carbons (Fsp3) is 0.455. The minimum atomic E-state index is -3.31. The van der Waals surface area contributed by atoms with E-state index in [1.807, 2.05) is 0 Å². The van der Waals surface area contributed by atoms with Crippen LogP contribution in [-0.2, 0) is 10.0 Å².